The molecule has 0 aliphatic heterocycles. The molecule has 4 rings (SSSR count). The lowest BCUT2D eigenvalue weighted by molar-refractivity contribution is 0.251. The smallest absolute Gasteiger partial charge is 0.320 e. The van der Waals surface area contributed by atoms with Crippen molar-refractivity contribution in [2.45, 2.75) is 45.1 Å². The van der Waals surface area contributed by atoms with Gasteiger partial charge >= 0.3 is 6.03 Å². The molecule has 1 aliphatic carbocycles. The normalized spacial score (nSPS) is 14.3. The van der Waals surface area contributed by atoms with E-state index in [0.29, 0.717) is 36.4 Å². The highest BCUT2D eigenvalue weighted by Crippen LogP contribution is 2.31. The number of rotatable bonds is 6. The first-order chi connectivity index (χ1) is 13.7. The maximum absolute atomic E-state index is 12.3. The topological polar surface area (TPSA) is 111 Å². The van der Waals surface area contributed by atoms with Crippen molar-refractivity contribution in [2.75, 3.05) is 11.9 Å². The van der Waals surface area contributed by atoms with Crippen LogP contribution in [0.2, 0.25) is 0 Å². The minimum Gasteiger partial charge on any atom is -0.339 e. The standard InChI is InChI=1S/C19H23N7O2/c1-13-12-16(26(24-13)14-6-2-3-7-14)22-19(27)21-11-9-17-23-18(25-28-17)15-8-4-5-10-20-15/h4-5,8,10,12,14H,2-3,6-7,9,11H2,1H3,(H2,21,22,27). The van der Waals surface area contributed by atoms with Gasteiger partial charge in [0.15, 0.2) is 0 Å². The summed E-state index contributed by atoms with van der Waals surface area (Å²) in [5.74, 6) is 1.63. The van der Waals surface area contributed by atoms with Gasteiger partial charge in [-0.05, 0) is 31.9 Å². The summed E-state index contributed by atoms with van der Waals surface area (Å²) in [6, 6.07) is 7.50. The van der Waals surface area contributed by atoms with Gasteiger partial charge in [-0.3, -0.25) is 10.3 Å². The van der Waals surface area contributed by atoms with E-state index in [0.717, 1.165) is 24.4 Å². The molecule has 0 unspecified atom stereocenters. The van der Waals surface area contributed by atoms with Crippen LogP contribution in [0.4, 0.5) is 10.6 Å². The van der Waals surface area contributed by atoms with Crippen molar-refractivity contribution >= 4 is 11.8 Å². The van der Waals surface area contributed by atoms with Crippen molar-refractivity contribution in [3.63, 3.8) is 0 Å². The predicted molar refractivity (Wildman–Crippen MR) is 103 cm³/mol. The first kappa shape index (κ1) is 18.1. The molecule has 0 spiro atoms. The lowest BCUT2D eigenvalue weighted by Gasteiger charge is -2.14. The molecule has 28 heavy (non-hydrogen) atoms. The molecule has 3 aromatic heterocycles. The molecule has 3 heterocycles. The van der Waals surface area contributed by atoms with E-state index in [2.05, 4.69) is 30.9 Å². The average Bonchev–Trinajstić information content (AvgIpc) is 3.44. The van der Waals surface area contributed by atoms with Crippen molar-refractivity contribution in [2.24, 2.45) is 0 Å². The summed E-state index contributed by atoms with van der Waals surface area (Å²) < 4.78 is 7.17. The van der Waals surface area contributed by atoms with Gasteiger partial charge in [-0.1, -0.05) is 24.1 Å². The molecule has 0 saturated heterocycles. The Kier molecular flexibility index (Phi) is 5.31. The first-order valence-electron chi connectivity index (χ1n) is 9.54. The summed E-state index contributed by atoms with van der Waals surface area (Å²) in [5, 5.41) is 14.2. The van der Waals surface area contributed by atoms with Gasteiger partial charge in [0.25, 0.3) is 0 Å². The van der Waals surface area contributed by atoms with Crippen LogP contribution in [-0.4, -0.2) is 37.5 Å². The number of pyridine rings is 1. The molecule has 9 heteroatoms. The zero-order chi connectivity index (χ0) is 19.3. The Labute approximate surface area is 162 Å². The fourth-order valence-corrected chi connectivity index (χ4v) is 3.44. The minimum atomic E-state index is -0.274. The van der Waals surface area contributed by atoms with E-state index >= 15 is 0 Å². The van der Waals surface area contributed by atoms with Gasteiger partial charge in [0.1, 0.15) is 11.5 Å². The number of nitrogens with zero attached hydrogens (tertiary/aromatic N) is 5. The number of urea groups is 1. The lowest BCUT2D eigenvalue weighted by Crippen LogP contribution is -2.31. The number of nitrogens with one attached hydrogen (secondary N) is 2. The van der Waals surface area contributed by atoms with Gasteiger partial charge in [0.05, 0.1) is 11.7 Å². The predicted octanol–water partition coefficient (Wildman–Crippen LogP) is 3.12. The SMILES string of the molecule is Cc1cc(NC(=O)NCCc2nc(-c3ccccn3)no2)n(C2CCCC2)n1. The number of aromatic nitrogens is 5. The van der Waals surface area contributed by atoms with Gasteiger partial charge in [-0.25, -0.2) is 9.48 Å². The lowest BCUT2D eigenvalue weighted by atomic mass is 10.2. The molecule has 1 fully saturated rings. The van der Waals surface area contributed by atoms with Gasteiger partial charge in [-0.2, -0.15) is 10.1 Å². The molecule has 2 amide bonds. The molecule has 0 atom stereocenters. The maximum atomic E-state index is 12.3. The van der Waals surface area contributed by atoms with Crippen LogP contribution in [0.5, 0.6) is 0 Å². The number of hydrogen-bond donors (Lipinski definition) is 2. The summed E-state index contributed by atoms with van der Waals surface area (Å²) in [5.41, 5.74) is 1.55. The average molecular weight is 381 g/mol. The quantitative estimate of drug-likeness (QED) is 0.679. The third-order valence-corrected chi connectivity index (χ3v) is 4.76. The number of aryl methyl sites for hydroxylation is 1. The monoisotopic (exact) mass is 381 g/mol. The van der Waals surface area contributed by atoms with Gasteiger partial charge in [0, 0.05) is 25.2 Å². The molecule has 1 aliphatic rings. The second kappa shape index (κ2) is 8.20. The fraction of sp³-hybridized carbons (Fsp3) is 0.421. The number of amides is 2. The van der Waals surface area contributed by atoms with Crippen LogP contribution in [0.3, 0.4) is 0 Å². The van der Waals surface area contributed by atoms with Crippen LogP contribution in [0, 0.1) is 6.92 Å². The Morgan fingerprint density at radius 3 is 2.96 bits per heavy atom. The van der Waals surface area contributed by atoms with E-state index in [4.69, 9.17) is 4.52 Å². The van der Waals surface area contributed by atoms with Crippen LogP contribution < -0.4 is 10.6 Å². The van der Waals surface area contributed by atoms with E-state index in [1.54, 1.807) is 6.20 Å². The Hall–Kier alpha value is -3.23. The van der Waals surface area contributed by atoms with Crippen LogP contribution in [0.15, 0.2) is 35.0 Å². The van der Waals surface area contributed by atoms with E-state index < -0.39 is 0 Å². The van der Waals surface area contributed by atoms with Crippen molar-refractivity contribution in [3.8, 4) is 11.5 Å². The second-order valence-corrected chi connectivity index (χ2v) is 6.91. The van der Waals surface area contributed by atoms with E-state index in [-0.39, 0.29) is 6.03 Å². The highest BCUT2D eigenvalue weighted by Gasteiger charge is 2.21. The molecule has 0 radical (unpaired) electrons. The Morgan fingerprint density at radius 2 is 2.18 bits per heavy atom. The number of carbonyl (C=O) groups excluding carboxylic acids is 1. The first-order valence-corrected chi connectivity index (χ1v) is 9.54. The summed E-state index contributed by atoms with van der Waals surface area (Å²) in [4.78, 5) is 20.8. The molecule has 2 N–H and O–H groups in total. The van der Waals surface area contributed by atoms with Crippen LogP contribution in [-0.2, 0) is 6.42 Å². The van der Waals surface area contributed by atoms with Crippen molar-refractivity contribution in [1.82, 2.24) is 30.2 Å². The molecular weight excluding hydrogens is 358 g/mol. The molecular formula is C19H23N7O2. The largest absolute Gasteiger partial charge is 0.339 e. The number of anilines is 1. The van der Waals surface area contributed by atoms with Gasteiger partial charge < -0.3 is 9.84 Å². The maximum Gasteiger partial charge on any atom is 0.320 e. The molecule has 1 saturated carbocycles. The second-order valence-electron chi connectivity index (χ2n) is 6.91. The molecule has 146 valence electrons. The van der Waals surface area contributed by atoms with Gasteiger partial charge in [0.2, 0.25) is 11.7 Å². The summed E-state index contributed by atoms with van der Waals surface area (Å²) in [7, 11) is 0. The Bertz CT molecular complexity index is 929. The molecule has 3 aromatic rings. The third-order valence-electron chi connectivity index (χ3n) is 4.76. The summed E-state index contributed by atoms with van der Waals surface area (Å²) >= 11 is 0. The molecule has 0 bridgehead atoms. The van der Waals surface area contributed by atoms with Crippen LogP contribution >= 0.6 is 0 Å². The van der Waals surface area contributed by atoms with Crippen molar-refractivity contribution in [1.29, 1.82) is 0 Å². The summed E-state index contributed by atoms with van der Waals surface area (Å²) in [6.45, 7) is 2.32. The van der Waals surface area contributed by atoms with E-state index in [1.807, 2.05) is 35.9 Å². The zero-order valence-corrected chi connectivity index (χ0v) is 15.8. The highest BCUT2D eigenvalue weighted by atomic mass is 16.5. The zero-order valence-electron chi connectivity index (χ0n) is 15.8. The van der Waals surface area contributed by atoms with Crippen LogP contribution in [0.25, 0.3) is 11.5 Å². The minimum absolute atomic E-state index is 0.274. The van der Waals surface area contributed by atoms with Crippen LogP contribution in [0.1, 0.15) is 43.3 Å². The van der Waals surface area contributed by atoms with Crippen molar-refractivity contribution < 1.29 is 9.32 Å². The third kappa shape index (κ3) is 4.19. The Balaban J connectivity index is 1.29. The number of hydrogen-bond acceptors (Lipinski definition) is 6. The van der Waals surface area contributed by atoms with E-state index in [9.17, 15) is 4.79 Å². The summed E-state index contributed by atoms with van der Waals surface area (Å²) in [6.07, 6.45) is 6.74. The fourth-order valence-electron chi connectivity index (χ4n) is 3.44. The highest BCUT2D eigenvalue weighted by molar-refractivity contribution is 5.88. The van der Waals surface area contributed by atoms with Gasteiger partial charge in [-0.15, -0.1) is 0 Å². The molecule has 9 nitrogen and oxygen atoms in total. The van der Waals surface area contributed by atoms with Crippen molar-refractivity contribution in [3.05, 3.63) is 42.0 Å². The molecule has 0 aromatic carbocycles. The number of carbonyl (C=O) groups is 1. The Morgan fingerprint density at radius 1 is 1.32 bits per heavy atom. The van der Waals surface area contributed by atoms with E-state index in [1.165, 1.54) is 12.8 Å².